The molecule has 0 saturated carbocycles. The molecule has 1 saturated heterocycles. The number of hydrogen-bond donors (Lipinski definition) is 0. The molecule has 4 aromatic rings. The van der Waals surface area contributed by atoms with Gasteiger partial charge in [0.05, 0.1) is 29.3 Å². The molecule has 3 aromatic heterocycles. The lowest BCUT2D eigenvalue weighted by atomic mass is 10.1. The number of fused-ring (bicyclic) bond motifs is 1. The number of nitrogens with zero attached hydrogens (tertiary/aromatic N) is 4. The molecule has 0 amide bonds. The van der Waals surface area contributed by atoms with Gasteiger partial charge in [-0.2, -0.15) is 4.98 Å². The molecule has 1 fully saturated rings. The number of benzene rings is 1. The molecule has 30 heavy (non-hydrogen) atoms. The summed E-state index contributed by atoms with van der Waals surface area (Å²) in [6, 6.07) is 10.6. The lowest BCUT2D eigenvalue weighted by molar-refractivity contribution is 0.122. The monoisotopic (exact) mass is 438 g/mol. The summed E-state index contributed by atoms with van der Waals surface area (Å²) in [7, 11) is 0. The van der Waals surface area contributed by atoms with Gasteiger partial charge >= 0.3 is 0 Å². The molecule has 0 spiro atoms. The van der Waals surface area contributed by atoms with Gasteiger partial charge in [-0.3, -0.25) is 4.57 Å². The third kappa shape index (κ3) is 3.49. The minimum Gasteiger partial charge on any atom is -0.378 e. The third-order valence-corrected chi connectivity index (χ3v) is 7.24. The number of ether oxygens (including phenoxy) is 1. The highest BCUT2D eigenvalue weighted by Crippen LogP contribution is 2.37. The van der Waals surface area contributed by atoms with E-state index in [9.17, 15) is 0 Å². The van der Waals surface area contributed by atoms with Crippen molar-refractivity contribution in [3.8, 4) is 17.1 Å². The van der Waals surface area contributed by atoms with Crippen LogP contribution in [0, 0.1) is 13.8 Å². The minimum atomic E-state index is 0.492. The van der Waals surface area contributed by atoms with Crippen LogP contribution in [0.2, 0.25) is 0 Å². The van der Waals surface area contributed by atoms with Gasteiger partial charge in [-0.15, -0.1) is 22.9 Å². The lowest BCUT2D eigenvalue weighted by Gasteiger charge is -2.28. The van der Waals surface area contributed by atoms with E-state index in [1.165, 1.54) is 11.1 Å². The van der Waals surface area contributed by atoms with Crippen molar-refractivity contribution in [1.82, 2.24) is 14.5 Å². The van der Waals surface area contributed by atoms with E-state index >= 15 is 0 Å². The Balaban J connectivity index is 1.63. The van der Waals surface area contributed by atoms with E-state index in [4.69, 9.17) is 26.3 Å². The molecule has 0 aliphatic carbocycles. The van der Waals surface area contributed by atoms with Gasteiger partial charge in [0.25, 0.3) is 0 Å². The van der Waals surface area contributed by atoms with Gasteiger partial charge < -0.3 is 9.64 Å². The van der Waals surface area contributed by atoms with Gasteiger partial charge in [0.1, 0.15) is 0 Å². The summed E-state index contributed by atoms with van der Waals surface area (Å²) in [4.78, 5) is 13.4. The van der Waals surface area contributed by atoms with Gasteiger partial charge in [-0.25, -0.2) is 4.98 Å². The van der Waals surface area contributed by atoms with Gasteiger partial charge in [-0.1, -0.05) is 29.8 Å². The zero-order valence-electron chi connectivity index (χ0n) is 17.1. The number of morpholine rings is 1. The second-order valence-electron chi connectivity index (χ2n) is 7.59. The lowest BCUT2D eigenvalue weighted by Crippen LogP contribution is -2.37. The summed E-state index contributed by atoms with van der Waals surface area (Å²) >= 11 is 7.91. The first-order valence-corrected chi connectivity index (χ1v) is 11.4. The van der Waals surface area contributed by atoms with Crippen molar-refractivity contribution in [3.63, 3.8) is 0 Å². The molecule has 1 aliphatic rings. The molecule has 0 N–H and O–H groups in total. The Morgan fingerprint density at radius 2 is 1.93 bits per heavy atom. The van der Waals surface area contributed by atoms with Crippen molar-refractivity contribution in [2.45, 2.75) is 19.7 Å². The third-order valence-electron chi connectivity index (χ3n) is 5.54. The van der Waals surface area contributed by atoms with Crippen LogP contribution in [-0.4, -0.2) is 40.8 Å². The fraction of sp³-hybridized carbons (Fsp3) is 0.304. The Kier molecular flexibility index (Phi) is 5.23. The molecular formula is C23H23ClN4OS. The molecule has 1 aromatic carbocycles. The van der Waals surface area contributed by atoms with E-state index in [0.717, 1.165) is 45.1 Å². The maximum absolute atomic E-state index is 6.21. The number of rotatable bonds is 4. The topological polar surface area (TPSA) is 43.2 Å². The Morgan fingerprint density at radius 3 is 2.70 bits per heavy atom. The first-order valence-electron chi connectivity index (χ1n) is 10.1. The predicted octanol–water partition coefficient (Wildman–Crippen LogP) is 5.34. The second-order valence-corrected chi connectivity index (χ2v) is 8.96. The van der Waals surface area contributed by atoms with Crippen molar-refractivity contribution in [1.29, 1.82) is 0 Å². The van der Waals surface area contributed by atoms with Crippen LogP contribution in [0.5, 0.6) is 0 Å². The minimum absolute atomic E-state index is 0.492. The van der Waals surface area contributed by atoms with Crippen LogP contribution >= 0.6 is 22.9 Å². The molecule has 5 rings (SSSR count). The zero-order valence-corrected chi connectivity index (χ0v) is 18.6. The summed E-state index contributed by atoms with van der Waals surface area (Å²) in [6.45, 7) is 7.31. The second kappa shape index (κ2) is 8.02. The Labute approximate surface area is 184 Å². The van der Waals surface area contributed by atoms with Crippen LogP contribution in [-0.2, 0) is 10.6 Å². The standard InChI is InChI=1S/C23H23ClN4OS/c1-15-4-3-5-17(12-15)18-6-7-28(14-18)23-25-20-16(2)19(13-24)30-21(20)22(26-23)27-8-10-29-11-9-27/h3-7,12,14H,8-11,13H2,1-2H3. The fourth-order valence-corrected chi connectivity index (χ4v) is 5.33. The number of aromatic nitrogens is 3. The van der Waals surface area contributed by atoms with Crippen LogP contribution in [0.25, 0.3) is 27.3 Å². The van der Waals surface area contributed by atoms with E-state index in [1.807, 2.05) is 10.8 Å². The molecule has 1 aliphatic heterocycles. The number of alkyl halides is 1. The summed E-state index contributed by atoms with van der Waals surface area (Å²) < 4.78 is 8.68. The molecule has 0 atom stereocenters. The largest absolute Gasteiger partial charge is 0.378 e. The number of thiophene rings is 1. The smallest absolute Gasteiger partial charge is 0.236 e. The highest BCUT2D eigenvalue weighted by Gasteiger charge is 2.22. The van der Waals surface area contributed by atoms with Crippen LogP contribution in [0.15, 0.2) is 42.7 Å². The Morgan fingerprint density at radius 1 is 1.10 bits per heavy atom. The first-order chi connectivity index (χ1) is 14.6. The van der Waals surface area contributed by atoms with Crippen LogP contribution in [0.1, 0.15) is 16.0 Å². The predicted molar refractivity (Wildman–Crippen MR) is 124 cm³/mol. The highest BCUT2D eigenvalue weighted by atomic mass is 35.5. The number of aryl methyl sites for hydroxylation is 2. The molecule has 0 bridgehead atoms. The summed E-state index contributed by atoms with van der Waals surface area (Å²) in [6.07, 6.45) is 4.13. The van der Waals surface area contributed by atoms with E-state index in [1.54, 1.807) is 11.3 Å². The quantitative estimate of drug-likeness (QED) is 0.403. The molecule has 154 valence electrons. The van der Waals surface area contributed by atoms with Crippen molar-refractivity contribution in [2.24, 2.45) is 0 Å². The average Bonchev–Trinajstić information content (AvgIpc) is 3.39. The zero-order chi connectivity index (χ0) is 20.7. The molecule has 0 radical (unpaired) electrons. The maximum atomic E-state index is 6.21. The summed E-state index contributed by atoms with van der Waals surface area (Å²) in [5.74, 6) is 2.16. The van der Waals surface area contributed by atoms with Gasteiger partial charge in [0.2, 0.25) is 5.95 Å². The van der Waals surface area contributed by atoms with Crippen molar-refractivity contribution < 1.29 is 4.74 Å². The van der Waals surface area contributed by atoms with Crippen molar-refractivity contribution >= 4 is 39.0 Å². The van der Waals surface area contributed by atoms with Crippen molar-refractivity contribution in [2.75, 3.05) is 31.2 Å². The van der Waals surface area contributed by atoms with Gasteiger partial charge in [0.15, 0.2) is 5.82 Å². The van der Waals surface area contributed by atoms with Gasteiger partial charge in [0, 0.05) is 30.4 Å². The van der Waals surface area contributed by atoms with Crippen LogP contribution < -0.4 is 4.90 Å². The fourth-order valence-electron chi connectivity index (χ4n) is 3.86. The number of hydrogen-bond acceptors (Lipinski definition) is 5. The maximum Gasteiger partial charge on any atom is 0.236 e. The number of anilines is 1. The normalized spacial score (nSPS) is 14.6. The van der Waals surface area contributed by atoms with Crippen LogP contribution in [0.3, 0.4) is 0 Å². The SMILES string of the molecule is Cc1cccc(-c2ccn(-c3nc(N4CCOCC4)c4sc(CCl)c(C)c4n3)c2)c1. The van der Waals surface area contributed by atoms with Crippen molar-refractivity contribution in [3.05, 3.63) is 58.7 Å². The van der Waals surface area contributed by atoms with E-state index in [-0.39, 0.29) is 0 Å². The first kappa shape index (κ1) is 19.5. The highest BCUT2D eigenvalue weighted by molar-refractivity contribution is 7.20. The molecule has 5 nitrogen and oxygen atoms in total. The number of halogens is 1. The van der Waals surface area contributed by atoms with E-state index in [2.05, 4.69) is 55.3 Å². The van der Waals surface area contributed by atoms with E-state index in [0.29, 0.717) is 25.0 Å². The molecule has 7 heteroatoms. The Hall–Kier alpha value is -2.41. The average molecular weight is 439 g/mol. The summed E-state index contributed by atoms with van der Waals surface area (Å²) in [5, 5.41) is 0. The molecule has 4 heterocycles. The summed E-state index contributed by atoms with van der Waals surface area (Å²) in [5.41, 5.74) is 5.73. The van der Waals surface area contributed by atoms with Gasteiger partial charge in [-0.05, 0) is 36.6 Å². The van der Waals surface area contributed by atoms with E-state index < -0.39 is 0 Å². The molecular weight excluding hydrogens is 416 g/mol. The Bertz CT molecular complexity index is 1210. The molecule has 0 unspecified atom stereocenters. The van der Waals surface area contributed by atoms with Crippen LogP contribution in [0.4, 0.5) is 5.82 Å².